The summed E-state index contributed by atoms with van der Waals surface area (Å²) in [4.78, 5) is 20.3. The van der Waals surface area contributed by atoms with Crippen molar-refractivity contribution in [2.24, 2.45) is 0 Å². The van der Waals surface area contributed by atoms with Gasteiger partial charge in [0.1, 0.15) is 17.8 Å². The van der Waals surface area contributed by atoms with Gasteiger partial charge in [0.25, 0.3) is 5.91 Å². The predicted octanol–water partition coefficient (Wildman–Crippen LogP) is 2.30. The van der Waals surface area contributed by atoms with E-state index in [-0.39, 0.29) is 11.6 Å². The van der Waals surface area contributed by atoms with Crippen LogP contribution in [-0.4, -0.2) is 29.5 Å². The number of hydrogen-bond donors (Lipinski definition) is 2. The third-order valence-corrected chi connectivity index (χ3v) is 3.63. The van der Waals surface area contributed by atoms with Crippen molar-refractivity contribution in [1.82, 2.24) is 15.3 Å². The van der Waals surface area contributed by atoms with Gasteiger partial charge in [-0.1, -0.05) is 12.1 Å². The molecule has 0 unspecified atom stereocenters. The number of nitrogens with two attached hydrogens (primary N) is 1. The maximum atomic E-state index is 12.1. The highest BCUT2D eigenvalue weighted by Crippen LogP contribution is 2.18. The molecule has 128 valence electrons. The lowest BCUT2D eigenvalue weighted by Crippen LogP contribution is -2.25. The Morgan fingerprint density at radius 2 is 2.04 bits per heavy atom. The summed E-state index contributed by atoms with van der Waals surface area (Å²) in [5.74, 6) is 1.26. The number of pyridine rings is 1. The van der Waals surface area contributed by atoms with Crippen LogP contribution in [0.15, 0.2) is 53.3 Å². The number of methoxy groups -OCH3 is 1. The molecule has 3 N–H and O–H groups in total. The van der Waals surface area contributed by atoms with Crippen LogP contribution in [0.1, 0.15) is 16.1 Å². The molecule has 0 aliphatic carbocycles. The molecular weight excluding hydrogens is 320 g/mol. The molecule has 2 heterocycles. The third-order valence-electron chi connectivity index (χ3n) is 3.63. The van der Waals surface area contributed by atoms with Gasteiger partial charge in [0.05, 0.1) is 12.7 Å². The molecule has 1 amide bonds. The lowest BCUT2D eigenvalue weighted by atomic mass is 10.1. The van der Waals surface area contributed by atoms with Crippen LogP contribution in [0.2, 0.25) is 0 Å². The van der Waals surface area contributed by atoms with E-state index in [4.69, 9.17) is 14.9 Å². The molecular formula is C18H18N4O3. The molecule has 3 aromatic rings. The summed E-state index contributed by atoms with van der Waals surface area (Å²) in [5, 5.41) is 2.82. The average molecular weight is 338 g/mol. The second kappa shape index (κ2) is 7.48. The van der Waals surface area contributed by atoms with Gasteiger partial charge in [-0.15, -0.1) is 0 Å². The number of rotatable bonds is 6. The van der Waals surface area contributed by atoms with Crippen LogP contribution in [0.5, 0.6) is 5.75 Å². The summed E-state index contributed by atoms with van der Waals surface area (Å²) >= 11 is 0. The molecule has 2 aromatic heterocycles. The van der Waals surface area contributed by atoms with Gasteiger partial charge >= 0.3 is 0 Å². The molecule has 7 heteroatoms. The van der Waals surface area contributed by atoms with E-state index in [1.807, 2.05) is 24.3 Å². The van der Waals surface area contributed by atoms with Crippen molar-refractivity contribution in [1.29, 1.82) is 0 Å². The molecule has 3 rings (SSSR count). The first kappa shape index (κ1) is 16.5. The SMILES string of the molecule is COc1ccc(CCNC(=O)c2coc(-c3ccc(N)nc3)n2)cc1. The lowest BCUT2D eigenvalue weighted by molar-refractivity contribution is 0.0949. The minimum Gasteiger partial charge on any atom is -0.497 e. The number of nitrogens with zero attached hydrogens (tertiary/aromatic N) is 2. The number of amides is 1. The Balaban J connectivity index is 1.55. The van der Waals surface area contributed by atoms with E-state index >= 15 is 0 Å². The van der Waals surface area contributed by atoms with Gasteiger partial charge in [-0.25, -0.2) is 9.97 Å². The molecule has 0 bridgehead atoms. The number of benzene rings is 1. The van der Waals surface area contributed by atoms with E-state index in [1.54, 1.807) is 25.4 Å². The molecule has 0 atom stereocenters. The quantitative estimate of drug-likeness (QED) is 0.715. The molecule has 0 aliphatic heterocycles. The van der Waals surface area contributed by atoms with Crippen molar-refractivity contribution in [3.8, 4) is 17.2 Å². The van der Waals surface area contributed by atoms with Crippen molar-refractivity contribution in [3.05, 3.63) is 60.1 Å². The number of carbonyl (C=O) groups is 1. The van der Waals surface area contributed by atoms with Crippen LogP contribution >= 0.6 is 0 Å². The number of nitrogen functional groups attached to an aromatic ring is 1. The number of anilines is 1. The fourth-order valence-electron chi connectivity index (χ4n) is 2.25. The second-order valence-corrected chi connectivity index (χ2v) is 5.36. The average Bonchev–Trinajstić information content (AvgIpc) is 3.13. The Morgan fingerprint density at radius 3 is 2.72 bits per heavy atom. The minimum absolute atomic E-state index is 0.224. The summed E-state index contributed by atoms with van der Waals surface area (Å²) in [7, 11) is 1.63. The Bertz CT molecular complexity index is 842. The molecule has 0 saturated carbocycles. The van der Waals surface area contributed by atoms with E-state index in [0.717, 1.165) is 11.3 Å². The molecule has 0 saturated heterocycles. The van der Waals surface area contributed by atoms with Gasteiger partial charge in [0.2, 0.25) is 5.89 Å². The highest BCUT2D eigenvalue weighted by atomic mass is 16.5. The molecule has 0 spiro atoms. The van der Waals surface area contributed by atoms with E-state index < -0.39 is 0 Å². The van der Waals surface area contributed by atoms with Crippen LogP contribution in [0, 0.1) is 0 Å². The predicted molar refractivity (Wildman–Crippen MR) is 93.2 cm³/mol. The number of oxazole rings is 1. The normalized spacial score (nSPS) is 10.4. The van der Waals surface area contributed by atoms with E-state index in [9.17, 15) is 4.79 Å². The first-order chi connectivity index (χ1) is 12.2. The van der Waals surface area contributed by atoms with E-state index in [2.05, 4.69) is 15.3 Å². The number of ether oxygens (including phenoxy) is 1. The van der Waals surface area contributed by atoms with Crippen molar-refractivity contribution >= 4 is 11.7 Å². The highest BCUT2D eigenvalue weighted by Gasteiger charge is 2.13. The van der Waals surface area contributed by atoms with E-state index in [0.29, 0.717) is 30.2 Å². The van der Waals surface area contributed by atoms with Crippen LogP contribution < -0.4 is 15.8 Å². The molecule has 25 heavy (non-hydrogen) atoms. The monoisotopic (exact) mass is 338 g/mol. The Labute approximate surface area is 144 Å². The second-order valence-electron chi connectivity index (χ2n) is 5.36. The Kier molecular flexibility index (Phi) is 4.94. The van der Waals surface area contributed by atoms with Crippen molar-refractivity contribution in [2.45, 2.75) is 6.42 Å². The van der Waals surface area contributed by atoms with Gasteiger partial charge in [-0.3, -0.25) is 4.79 Å². The van der Waals surface area contributed by atoms with Crippen LogP contribution in [-0.2, 0) is 6.42 Å². The topological polar surface area (TPSA) is 103 Å². The van der Waals surface area contributed by atoms with Crippen LogP contribution in [0.25, 0.3) is 11.5 Å². The number of carbonyl (C=O) groups excluding carboxylic acids is 1. The summed E-state index contributed by atoms with van der Waals surface area (Å²) in [6, 6.07) is 11.1. The zero-order valence-electron chi connectivity index (χ0n) is 13.7. The Morgan fingerprint density at radius 1 is 1.24 bits per heavy atom. The summed E-state index contributed by atoms with van der Waals surface area (Å²) in [5.41, 5.74) is 7.53. The summed E-state index contributed by atoms with van der Waals surface area (Å²) in [6.07, 6.45) is 3.59. The fraction of sp³-hybridized carbons (Fsp3) is 0.167. The third kappa shape index (κ3) is 4.14. The van der Waals surface area contributed by atoms with Crippen LogP contribution in [0.4, 0.5) is 5.82 Å². The van der Waals surface area contributed by atoms with E-state index in [1.165, 1.54) is 6.26 Å². The Hall–Kier alpha value is -3.35. The van der Waals surface area contributed by atoms with Gasteiger partial charge < -0.3 is 20.2 Å². The van der Waals surface area contributed by atoms with Gasteiger partial charge in [-0.05, 0) is 36.2 Å². The summed E-state index contributed by atoms with van der Waals surface area (Å²) < 4.78 is 10.5. The maximum Gasteiger partial charge on any atom is 0.273 e. The van der Waals surface area contributed by atoms with Gasteiger partial charge in [-0.2, -0.15) is 0 Å². The molecule has 1 aromatic carbocycles. The molecule has 0 radical (unpaired) electrons. The largest absolute Gasteiger partial charge is 0.497 e. The standard InChI is InChI=1S/C18H18N4O3/c1-24-14-5-2-12(3-6-14)8-9-20-17(23)15-11-25-18(22-15)13-4-7-16(19)21-10-13/h2-7,10-11H,8-9H2,1H3,(H2,19,21)(H,20,23). The molecule has 7 nitrogen and oxygen atoms in total. The first-order valence-electron chi connectivity index (χ1n) is 7.74. The molecule has 0 fully saturated rings. The summed E-state index contributed by atoms with van der Waals surface area (Å²) in [6.45, 7) is 0.497. The molecule has 0 aliphatic rings. The number of hydrogen-bond acceptors (Lipinski definition) is 6. The first-order valence-corrected chi connectivity index (χ1v) is 7.74. The van der Waals surface area contributed by atoms with Gasteiger partial charge in [0, 0.05) is 12.7 Å². The fourth-order valence-corrected chi connectivity index (χ4v) is 2.25. The van der Waals surface area contributed by atoms with Gasteiger partial charge in [0.15, 0.2) is 5.69 Å². The number of nitrogens with one attached hydrogen (secondary N) is 1. The highest BCUT2D eigenvalue weighted by molar-refractivity contribution is 5.92. The number of aromatic nitrogens is 2. The van der Waals surface area contributed by atoms with Crippen molar-refractivity contribution in [3.63, 3.8) is 0 Å². The minimum atomic E-state index is -0.285. The lowest BCUT2D eigenvalue weighted by Gasteiger charge is -2.04. The smallest absolute Gasteiger partial charge is 0.273 e. The maximum absolute atomic E-state index is 12.1. The van der Waals surface area contributed by atoms with Crippen molar-refractivity contribution in [2.75, 3.05) is 19.4 Å². The van der Waals surface area contributed by atoms with Crippen molar-refractivity contribution < 1.29 is 13.9 Å². The zero-order chi connectivity index (χ0) is 17.6. The van der Waals surface area contributed by atoms with Crippen LogP contribution in [0.3, 0.4) is 0 Å². The zero-order valence-corrected chi connectivity index (χ0v) is 13.7.